The van der Waals surface area contributed by atoms with Crippen molar-refractivity contribution in [2.24, 2.45) is 0 Å². The summed E-state index contributed by atoms with van der Waals surface area (Å²) in [5.74, 6) is -5.31. The van der Waals surface area contributed by atoms with E-state index in [0.717, 1.165) is 9.80 Å². The highest BCUT2D eigenvalue weighted by Crippen LogP contribution is 2.38. The molecule has 2 unspecified atom stereocenters. The van der Waals surface area contributed by atoms with E-state index >= 15 is 0 Å². The Hall–Kier alpha value is -0.720. The normalized spacial score (nSPS) is 12.1. The summed E-state index contributed by atoms with van der Waals surface area (Å²) >= 11 is 10.4. The van der Waals surface area contributed by atoms with Crippen LogP contribution in [0.1, 0.15) is 47.9 Å². The molecule has 60 heavy (non-hydrogen) atoms. The molecule has 2 atom stereocenters. The van der Waals surface area contributed by atoms with Crippen molar-refractivity contribution in [3.63, 3.8) is 0 Å². The van der Waals surface area contributed by atoms with E-state index in [4.69, 9.17) is 0 Å². The fourth-order valence-corrected chi connectivity index (χ4v) is 14.0. The van der Waals surface area contributed by atoms with Gasteiger partial charge in [0.1, 0.15) is 13.2 Å². The summed E-state index contributed by atoms with van der Waals surface area (Å²) < 4.78 is 0.497. The molecule has 27 heteroatoms. The molecule has 2 aromatic carbocycles. The fraction of sp³-hybridized carbons (Fsp3) is 0.455. The maximum atomic E-state index is 14.5. The van der Waals surface area contributed by atoms with Crippen LogP contribution in [0.5, 0.6) is 0 Å². The van der Waals surface area contributed by atoms with Crippen molar-refractivity contribution in [1.82, 2.24) is 20.2 Å². The Morgan fingerprint density at radius 2 is 0.967 bits per heavy atom. The Bertz CT molecular complexity index is 1930. The van der Waals surface area contributed by atoms with Gasteiger partial charge in [0.2, 0.25) is 11.8 Å². The Morgan fingerprint density at radius 1 is 0.533 bits per heavy atom. The summed E-state index contributed by atoms with van der Waals surface area (Å²) in [7, 11) is 0. The zero-order chi connectivity index (χ0) is 45.6. The Morgan fingerprint density at radius 3 is 1.42 bits per heavy atom. The first-order valence-corrected chi connectivity index (χ1v) is 23.6. The van der Waals surface area contributed by atoms with Gasteiger partial charge < -0.3 is 66.6 Å². The number of amides is 6. The van der Waals surface area contributed by atoms with Gasteiger partial charge in [-0.3, -0.25) is 34.0 Å². The summed E-state index contributed by atoms with van der Waals surface area (Å²) in [6, 6.07) is 0. The van der Waals surface area contributed by atoms with Crippen LogP contribution >= 0.6 is 136 Å². The first-order chi connectivity index (χ1) is 28.3. The highest BCUT2D eigenvalue weighted by molar-refractivity contribution is 14.1. The summed E-state index contributed by atoms with van der Waals surface area (Å²) in [6.45, 7) is -6.87. The van der Waals surface area contributed by atoms with Crippen molar-refractivity contribution < 1.29 is 74.8 Å². The molecule has 0 spiro atoms. The van der Waals surface area contributed by atoms with E-state index in [1.54, 1.807) is 136 Å². The molecule has 0 bridgehead atoms. The molecule has 0 aliphatic carbocycles. The molecular formula is C33H40I6N6O15. The fourth-order valence-electron chi connectivity index (χ4n) is 5.21. The van der Waals surface area contributed by atoms with Gasteiger partial charge >= 0.3 is 0 Å². The number of halogens is 6. The molecule has 0 fully saturated rings. The zero-order valence-corrected chi connectivity index (χ0v) is 43.9. The maximum absolute atomic E-state index is 14.5. The molecule has 6 amide bonds. The van der Waals surface area contributed by atoms with Crippen LogP contribution < -0.4 is 16.0 Å². The van der Waals surface area contributed by atoms with E-state index in [-0.39, 0.29) is 81.2 Å². The summed E-state index contributed by atoms with van der Waals surface area (Å²) in [5.41, 5.74) is -0.805. The average Bonchev–Trinajstić information content (AvgIpc) is 3.21. The van der Waals surface area contributed by atoms with Crippen LogP contribution in [-0.2, 0) is 9.59 Å². The predicted octanol–water partition coefficient (Wildman–Crippen LogP) is -0.597. The molecule has 0 aliphatic rings. The van der Waals surface area contributed by atoms with E-state index in [1.165, 1.54) is 0 Å². The molecule has 0 heterocycles. The van der Waals surface area contributed by atoms with E-state index in [9.17, 15) is 74.8 Å². The minimum absolute atomic E-state index is 0.00111. The average molecular weight is 1520 g/mol. The highest BCUT2D eigenvalue weighted by atomic mass is 127. The lowest BCUT2D eigenvalue weighted by Gasteiger charge is -2.32. The van der Waals surface area contributed by atoms with Crippen molar-refractivity contribution in [2.45, 2.75) is 18.6 Å². The van der Waals surface area contributed by atoms with E-state index in [2.05, 4.69) is 16.0 Å². The SMILES string of the molecule is O=C(CO)Nc1c(I)c(C(=O)NCCO)c(I)c(C(=O)N(CC(O)CO)CC(O)CN(CCO)C(=O)c2c(I)c(NC(=O)CO)c(I)c(C(=O)N(O)CCCO)c2I)c1I. The minimum atomic E-state index is -1.66. The highest BCUT2D eigenvalue weighted by Gasteiger charge is 2.35. The molecule has 12 N–H and O–H groups in total. The standard InChI is InChI=1S/C33H40I6N6O15/c34-22-18(30(56)40-2-6-47)24(36)28(41-16(54)12-50)25(37)19(22)32(58)44(10-15(53)11-49)9-14(52)8-43(4-7-48)31(57)20-23(35)21(33(59)45(60)3-1-5-46)27(39)29(26(20)38)42-17(55)13-51/h14-15,46-53,60H,1-13H2,(H,40,56)(H,41,54)(H,42,55). The molecule has 0 radical (unpaired) electrons. The number of hydrogen-bond acceptors (Lipinski definition) is 15. The quantitative estimate of drug-likeness (QED) is 0.0398. The number of carbonyl (C=O) groups excluding carboxylic acids is 6. The largest absolute Gasteiger partial charge is 0.396 e. The predicted molar refractivity (Wildman–Crippen MR) is 263 cm³/mol. The third-order valence-corrected chi connectivity index (χ3v) is 14.4. The van der Waals surface area contributed by atoms with Crippen LogP contribution in [0.15, 0.2) is 0 Å². The summed E-state index contributed by atoms with van der Waals surface area (Å²) in [6.07, 6.45) is -3.21. The molecule has 2 rings (SSSR count). The van der Waals surface area contributed by atoms with Crippen LogP contribution in [0.3, 0.4) is 0 Å². The van der Waals surface area contributed by atoms with Gasteiger partial charge in [-0.15, -0.1) is 0 Å². The number of aliphatic hydroxyl groups excluding tert-OH is 8. The van der Waals surface area contributed by atoms with E-state index < -0.39 is 107 Å². The second-order valence-corrected chi connectivity index (χ2v) is 18.7. The second-order valence-electron chi connectivity index (χ2n) is 12.2. The molecule has 0 aliphatic heterocycles. The number of carbonyl (C=O) groups is 6. The van der Waals surface area contributed by atoms with Crippen molar-refractivity contribution in [2.75, 3.05) is 89.5 Å². The van der Waals surface area contributed by atoms with Crippen molar-refractivity contribution in [3.8, 4) is 0 Å². The van der Waals surface area contributed by atoms with E-state index in [0.29, 0.717) is 5.06 Å². The van der Waals surface area contributed by atoms with Gasteiger partial charge in [0, 0.05) is 46.5 Å². The molecule has 0 aromatic heterocycles. The van der Waals surface area contributed by atoms with Crippen molar-refractivity contribution in [1.29, 1.82) is 0 Å². The summed E-state index contributed by atoms with van der Waals surface area (Å²) in [4.78, 5) is 82.3. The van der Waals surface area contributed by atoms with Gasteiger partial charge in [0.15, 0.2) is 0 Å². The molecular weight excluding hydrogens is 1480 g/mol. The minimum Gasteiger partial charge on any atom is -0.396 e. The van der Waals surface area contributed by atoms with Crippen LogP contribution in [0, 0.1) is 21.4 Å². The smallest absolute Gasteiger partial charge is 0.279 e. The first-order valence-electron chi connectivity index (χ1n) is 17.2. The topological polar surface area (TPSA) is 330 Å². The lowest BCUT2D eigenvalue weighted by molar-refractivity contribution is -0.119. The lowest BCUT2D eigenvalue weighted by Crippen LogP contribution is -2.48. The Kier molecular flexibility index (Phi) is 24.9. The van der Waals surface area contributed by atoms with Crippen LogP contribution in [0.2, 0.25) is 0 Å². The van der Waals surface area contributed by atoms with E-state index in [1.807, 2.05) is 0 Å². The molecule has 2 aromatic rings. The third kappa shape index (κ3) is 14.4. The second kappa shape index (κ2) is 26.9. The Labute approximate surface area is 424 Å². The van der Waals surface area contributed by atoms with Gasteiger partial charge in [-0.1, -0.05) is 0 Å². The van der Waals surface area contributed by atoms with Gasteiger partial charge in [0.25, 0.3) is 23.6 Å². The molecule has 21 nitrogen and oxygen atoms in total. The van der Waals surface area contributed by atoms with Crippen LogP contribution in [0.25, 0.3) is 0 Å². The number of anilines is 2. The molecule has 0 saturated heterocycles. The first kappa shape index (κ1) is 55.4. The van der Waals surface area contributed by atoms with Gasteiger partial charge in [-0.25, -0.2) is 5.06 Å². The number of hydroxylamine groups is 2. The number of nitrogens with one attached hydrogen (secondary N) is 3. The molecule has 0 saturated carbocycles. The number of hydrogen-bond donors (Lipinski definition) is 12. The zero-order valence-electron chi connectivity index (χ0n) is 30.9. The van der Waals surface area contributed by atoms with Crippen molar-refractivity contribution in [3.05, 3.63) is 43.7 Å². The number of nitrogens with zero attached hydrogens (tertiary/aromatic N) is 3. The summed E-state index contributed by atoms with van der Waals surface area (Å²) in [5, 5.41) is 97.4. The van der Waals surface area contributed by atoms with Gasteiger partial charge in [-0.2, -0.15) is 0 Å². The van der Waals surface area contributed by atoms with Crippen LogP contribution in [0.4, 0.5) is 11.4 Å². The lowest BCUT2D eigenvalue weighted by atomic mass is 10.1. The van der Waals surface area contributed by atoms with Crippen LogP contribution in [-0.4, -0.2) is 187 Å². The maximum Gasteiger partial charge on any atom is 0.279 e. The third-order valence-electron chi connectivity index (χ3n) is 7.93. The number of aliphatic hydroxyl groups is 8. The van der Waals surface area contributed by atoms with Gasteiger partial charge in [0.05, 0.1) is 86.5 Å². The number of benzene rings is 2. The number of rotatable bonds is 22. The molecule has 334 valence electrons. The van der Waals surface area contributed by atoms with Crippen molar-refractivity contribution >= 4 is 182 Å². The Balaban J connectivity index is 2.74. The monoisotopic (exact) mass is 1520 g/mol. The van der Waals surface area contributed by atoms with Gasteiger partial charge in [-0.05, 0) is 142 Å².